The Bertz CT molecular complexity index is 1030. The maximum Gasteiger partial charge on any atom is 0.229 e. The van der Waals surface area contributed by atoms with Crippen molar-refractivity contribution in [2.75, 3.05) is 13.2 Å². The van der Waals surface area contributed by atoms with Crippen LogP contribution in [0.25, 0.3) is 0 Å². The van der Waals surface area contributed by atoms with E-state index in [1.54, 1.807) is 29.2 Å². The van der Waals surface area contributed by atoms with E-state index in [2.05, 4.69) is 4.98 Å². The zero-order chi connectivity index (χ0) is 20.9. The zero-order valence-electron chi connectivity index (χ0n) is 16.4. The van der Waals surface area contributed by atoms with Crippen LogP contribution in [-0.2, 0) is 4.79 Å². The van der Waals surface area contributed by atoms with Gasteiger partial charge >= 0.3 is 0 Å². The fourth-order valence-electron chi connectivity index (χ4n) is 5.52. The average Bonchev–Trinajstić information content (AvgIpc) is 3.08. The second-order valence-electron chi connectivity index (χ2n) is 8.95. The minimum absolute atomic E-state index is 0.0190. The van der Waals surface area contributed by atoms with Crippen LogP contribution in [0.15, 0.2) is 42.6 Å². The fraction of sp³-hybridized carbons (Fsp3) is 0.435. The molecule has 1 aromatic heterocycles. The molecule has 1 aromatic carbocycles. The average molecular weight is 409 g/mol. The molecule has 2 unspecified atom stereocenters. The molecular weight excluding hydrogens is 388 g/mol. The zero-order valence-corrected chi connectivity index (χ0v) is 16.4. The Hall–Kier alpha value is -3.01. The summed E-state index contributed by atoms with van der Waals surface area (Å²) >= 11 is 0. The number of alkyl halides is 1. The van der Waals surface area contributed by atoms with Crippen LogP contribution in [0.4, 0.5) is 8.78 Å². The molecule has 30 heavy (non-hydrogen) atoms. The largest absolute Gasteiger partial charge is 0.493 e. The lowest BCUT2D eigenvalue weighted by molar-refractivity contribution is -0.226. The first-order valence-corrected chi connectivity index (χ1v) is 10.1. The Morgan fingerprint density at radius 2 is 2.10 bits per heavy atom. The summed E-state index contributed by atoms with van der Waals surface area (Å²) in [6.07, 6.45) is 2.82. The van der Waals surface area contributed by atoms with Crippen LogP contribution in [0.1, 0.15) is 43.0 Å². The van der Waals surface area contributed by atoms with Crippen molar-refractivity contribution in [1.29, 1.82) is 5.26 Å². The number of nitriles is 1. The number of hydrogen-bond donors (Lipinski definition) is 0. The molecule has 1 amide bonds. The third-order valence-electron chi connectivity index (χ3n) is 6.73. The molecule has 7 heteroatoms. The van der Waals surface area contributed by atoms with Gasteiger partial charge in [0.15, 0.2) is 0 Å². The Balaban J connectivity index is 1.23. The standard InChI is InChI=1S/C23H21F2N3O2/c24-16-3-1-2-15(6-16)20-7-17(25)10-28(20)21(29)23-11-22(12-23,13-23)14-30-19-4-5-27-18(8-19)9-26/h1-6,8,17,20H,7,10-14H2. The lowest BCUT2D eigenvalue weighted by Crippen LogP contribution is -2.69. The number of halogens is 2. The van der Waals surface area contributed by atoms with Gasteiger partial charge in [-0.3, -0.25) is 4.79 Å². The molecule has 1 saturated heterocycles. The molecule has 6 rings (SSSR count). The molecule has 0 N–H and O–H groups in total. The van der Waals surface area contributed by atoms with Crippen LogP contribution in [0, 0.1) is 28.0 Å². The first-order chi connectivity index (χ1) is 14.4. The van der Waals surface area contributed by atoms with Gasteiger partial charge in [-0.25, -0.2) is 13.8 Å². The van der Waals surface area contributed by atoms with Crippen LogP contribution >= 0.6 is 0 Å². The van der Waals surface area contributed by atoms with Crippen molar-refractivity contribution in [1.82, 2.24) is 9.88 Å². The topological polar surface area (TPSA) is 66.2 Å². The summed E-state index contributed by atoms with van der Waals surface area (Å²) in [7, 11) is 0. The first kappa shape index (κ1) is 19.0. The van der Waals surface area contributed by atoms with Crippen molar-refractivity contribution in [3.8, 4) is 11.8 Å². The molecule has 4 fully saturated rings. The van der Waals surface area contributed by atoms with Gasteiger partial charge in [0.05, 0.1) is 24.6 Å². The third kappa shape index (κ3) is 3.02. The minimum Gasteiger partial charge on any atom is -0.493 e. The van der Waals surface area contributed by atoms with Gasteiger partial charge in [0.25, 0.3) is 0 Å². The fourth-order valence-corrected chi connectivity index (χ4v) is 5.52. The number of carbonyl (C=O) groups excluding carboxylic acids is 1. The van der Waals surface area contributed by atoms with Crippen LogP contribution in [0.3, 0.4) is 0 Å². The number of pyridine rings is 1. The van der Waals surface area contributed by atoms with E-state index in [0.29, 0.717) is 23.6 Å². The quantitative estimate of drug-likeness (QED) is 0.750. The highest BCUT2D eigenvalue weighted by Crippen LogP contribution is 2.74. The minimum atomic E-state index is -1.09. The van der Waals surface area contributed by atoms with E-state index >= 15 is 0 Å². The Labute approximate surface area is 173 Å². The molecule has 0 radical (unpaired) electrons. The molecule has 3 saturated carbocycles. The van der Waals surface area contributed by atoms with E-state index in [1.807, 2.05) is 6.07 Å². The molecule has 3 aliphatic carbocycles. The smallest absolute Gasteiger partial charge is 0.229 e. The highest BCUT2D eigenvalue weighted by atomic mass is 19.1. The van der Waals surface area contributed by atoms with Gasteiger partial charge in [-0.05, 0) is 43.0 Å². The van der Waals surface area contributed by atoms with Crippen molar-refractivity contribution >= 4 is 5.91 Å². The SMILES string of the molecule is N#Cc1cc(OCC23CC(C(=O)N4CC(F)CC4c4cccc(F)c4)(C2)C3)ccn1. The monoisotopic (exact) mass is 409 g/mol. The Kier molecular flexibility index (Phi) is 4.28. The number of amides is 1. The molecule has 4 aliphatic rings. The Morgan fingerprint density at radius 3 is 2.83 bits per heavy atom. The van der Waals surface area contributed by atoms with E-state index in [4.69, 9.17) is 10.00 Å². The number of benzene rings is 1. The summed E-state index contributed by atoms with van der Waals surface area (Å²) in [5.41, 5.74) is 0.485. The van der Waals surface area contributed by atoms with E-state index < -0.39 is 17.6 Å². The second kappa shape index (κ2) is 6.76. The van der Waals surface area contributed by atoms with E-state index in [9.17, 15) is 13.6 Å². The van der Waals surface area contributed by atoms with Gasteiger partial charge in [0, 0.05) is 24.1 Å². The number of likely N-dealkylation sites (tertiary alicyclic amines) is 1. The summed E-state index contributed by atoms with van der Waals surface area (Å²) < 4.78 is 33.7. The van der Waals surface area contributed by atoms with E-state index in [-0.39, 0.29) is 30.1 Å². The normalized spacial score (nSPS) is 31.4. The number of nitrogens with zero attached hydrogens (tertiary/aromatic N) is 3. The summed E-state index contributed by atoms with van der Waals surface area (Å²) in [5, 5.41) is 8.93. The van der Waals surface area contributed by atoms with Crippen LogP contribution in [0.2, 0.25) is 0 Å². The van der Waals surface area contributed by atoms with Crippen LogP contribution in [0.5, 0.6) is 5.75 Å². The van der Waals surface area contributed by atoms with Crippen LogP contribution < -0.4 is 4.74 Å². The van der Waals surface area contributed by atoms with Gasteiger partial charge in [-0.15, -0.1) is 0 Å². The van der Waals surface area contributed by atoms with Crippen molar-refractivity contribution in [2.45, 2.75) is 37.9 Å². The van der Waals surface area contributed by atoms with Crippen LogP contribution in [-0.4, -0.2) is 35.1 Å². The van der Waals surface area contributed by atoms with E-state index in [1.165, 1.54) is 18.3 Å². The molecule has 2 atom stereocenters. The lowest BCUT2D eigenvalue weighted by Gasteiger charge is -2.69. The first-order valence-electron chi connectivity index (χ1n) is 10.1. The maximum atomic E-state index is 14.2. The second-order valence-corrected chi connectivity index (χ2v) is 8.95. The molecule has 5 nitrogen and oxygen atoms in total. The maximum absolute atomic E-state index is 14.2. The summed E-state index contributed by atoms with van der Waals surface area (Å²) in [5.74, 6) is 0.201. The predicted molar refractivity (Wildman–Crippen MR) is 104 cm³/mol. The lowest BCUT2D eigenvalue weighted by atomic mass is 9.35. The number of aromatic nitrogens is 1. The summed E-state index contributed by atoms with van der Waals surface area (Å²) in [4.78, 5) is 18.8. The van der Waals surface area contributed by atoms with Crippen molar-refractivity contribution < 1.29 is 18.3 Å². The van der Waals surface area contributed by atoms with Crippen molar-refractivity contribution in [3.63, 3.8) is 0 Å². The van der Waals surface area contributed by atoms with Gasteiger partial charge < -0.3 is 9.64 Å². The van der Waals surface area contributed by atoms with Gasteiger partial charge in [0.2, 0.25) is 5.91 Å². The summed E-state index contributed by atoms with van der Waals surface area (Å²) in [6, 6.07) is 11.0. The predicted octanol–water partition coefficient (Wildman–Crippen LogP) is 3.95. The summed E-state index contributed by atoms with van der Waals surface area (Å²) in [6.45, 7) is 0.551. The van der Waals surface area contributed by atoms with E-state index in [0.717, 1.165) is 19.3 Å². The molecule has 2 bridgehead atoms. The van der Waals surface area contributed by atoms with Crippen molar-refractivity contribution in [3.05, 3.63) is 59.7 Å². The number of ether oxygens (including phenoxy) is 1. The van der Waals surface area contributed by atoms with Gasteiger partial charge in [-0.1, -0.05) is 12.1 Å². The highest BCUT2D eigenvalue weighted by Gasteiger charge is 2.72. The molecule has 1 aliphatic heterocycles. The third-order valence-corrected chi connectivity index (χ3v) is 6.73. The Morgan fingerprint density at radius 1 is 1.30 bits per heavy atom. The number of rotatable bonds is 5. The molecule has 2 heterocycles. The molecule has 154 valence electrons. The van der Waals surface area contributed by atoms with Gasteiger partial charge in [-0.2, -0.15) is 5.26 Å². The molecule has 2 aromatic rings. The van der Waals surface area contributed by atoms with Gasteiger partial charge in [0.1, 0.15) is 29.5 Å². The van der Waals surface area contributed by atoms with Crippen molar-refractivity contribution in [2.24, 2.45) is 10.8 Å². The molecule has 0 spiro atoms. The highest BCUT2D eigenvalue weighted by molar-refractivity contribution is 5.87. The number of carbonyl (C=O) groups is 1. The molecular formula is C23H21F2N3O2. The number of hydrogen-bond acceptors (Lipinski definition) is 4.